The van der Waals surface area contributed by atoms with Crippen LogP contribution in [0.5, 0.6) is 0 Å². The molecule has 0 spiro atoms. The predicted octanol–water partition coefficient (Wildman–Crippen LogP) is 0.552. The molecule has 2 heterocycles. The topological polar surface area (TPSA) is 76.5 Å². The monoisotopic (exact) mass is 254 g/mol. The summed E-state index contributed by atoms with van der Waals surface area (Å²) in [6.07, 6.45) is -0.144. The number of aliphatic hydroxyl groups excluding tert-OH is 1. The molecule has 1 aromatic heterocycles. The van der Waals surface area contributed by atoms with Crippen LogP contribution in [0.15, 0.2) is 0 Å². The molecule has 18 heavy (non-hydrogen) atoms. The summed E-state index contributed by atoms with van der Waals surface area (Å²) in [6.45, 7) is 8.15. The van der Waals surface area contributed by atoms with E-state index in [1.165, 1.54) is 0 Å². The first-order chi connectivity index (χ1) is 8.54. The Hall–Kier alpha value is -1.27. The van der Waals surface area contributed by atoms with Crippen LogP contribution >= 0.6 is 0 Å². The number of rotatable bonds is 3. The maximum Gasteiger partial charge on any atom is 0.151 e. The highest BCUT2D eigenvalue weighted by Gasteiger charge is 2.26. The van der Waals surface area contributed by atoms with E-state index in [-0.39, 0.29) is 18.8 Å². The number of morpholine rings is 1. The largest absolute Gasteiger partial charge is 0.394 e. The Labute approximate surface area is 107 Å². The molecule has 2 rings (SSSR count). The van der Waals surface area contributed by atoms with Gasteiger partial charge in [-0.05, 0) is 20.8 Å². The van der Waals surface area contributed by atoms with Gasteiger partial charge in [0.2, 0.25) is 0 Å². The number of nitrogen functional groups attached to an aromatic ring is 1. The minimum Gasteiger partial charge on any atom is -0.394 e. The van der Waals surface area contributed by atoms with E-state index in [1.54, 1.807) is 0 Å². The number of hydrogen-bond donors (Lipinski definition) is 2. The average molecular weight is 254 g/mol. The van der Waals surface area contributed by atoms with E-state index in [9.17, 15) is 5.11 Å². The van der Waals surface area contributed by atoms with Crippen LogP contribution in [0.4, 0.5) is 11.5 Å². The lowest BCUT2D eigenvalue weighted by Gasteiger charge is -2.34. The summed E-state index contributed by atoms with van der Waals surface area (Å²) in [4.78, 5) is 2.15. The van der Waals surface area contributed by atoms with Crippen LogP contribution < -0.4 is 10.6 Å². The number of nitrogens with two attached hydrogens (primary N) is 1. The highest BCUT2D eigenvalue weighted by atomic mass is 16.5. The fourth-order valence-electron chi connectivity index (χ4n) is 2.25. The number of aliphatic hydroxyl groups is 1. The van der Waals surface area contributed by atoms with Crippen molar-refractivity contribution < 1.29 is 9.84 Å². The minimum absolute atomic E-state index is 0.0329. The Balaban J connectivity index is 2.31. The van der Waals surface area contributed by atoms with E-state index in [1.807, 2.05) is 11.6 Å². The first-order valence-corrected chi connectivity index (χ1v) is 6.36. The molecule has 102 valence electrons. The van der Waals surface area contributed by atoms with Crippen molar-refractivity contribution in [3.05, 3.63) is 5.69 Å². The Morgan fingerprint density at radius 3 is 2.89 bits per heavy atom. The fraction of sp³-hybridized carbons (Fsp3) is 0.750. The molecule has 1 fully saturated rings. The Bertz CT molecular complexity index is 416. The molecule has 1 saturated heterocycles. The number of ether oxygens (including phenoxy) is 1. The van der Waals surface area contributed by atoms with Crippen LogP contribution in [-0.4, -0.2) is 47.3 Å². The van der Waals surface area contributed by atoms with Gasteiger partial charge < -0.3 is 20.5 Å². The average Bonchev–Trinajstić information content (AvgIpc) is 2.66. The Morgan fingerprint density at radius 1 is 1.56 bits per heavy atom. The second kappa shape index (κ2) is 5.16. The lowest BCUT2D eigenvalue weighted by Crippen LogP contribution is -2.45. The summed E-state index contributed by atoms with van der Waals surface area (Å²) in [5.74, 6) is 0.948. The minimum atomic E-state index is -0.144. The number of anilines is 2. The summed E-state index contributed by atoms with van der Waals surface area (Å²) < 4.78 is 7.41. The van der Waals surface area contributed by atoms with Crippen LogP contribution in [0.3, 0.4) is 0 Å². The summed E-state index contributed by atoms with van der Waals surface area (Å²) in [5, 5.41) is 13.7. The van der Waals surface area contributed by atoms with Gasteiger partial charge in [-0.2, -0.15) is 5.10 Å². The van der Waals surface area contributed by atoms with Crippen LogP contribution in [0.2, 0.25) is 0 Å². The zero-order chi connectivity index (χ0) is 13.3. The van der Waals surface area contributed by atoms with Crippen LogP contribution in [-0.2, 0) is 4.74 Å². The third kappa shape index (κ3) is 2.30. The molecule has 1 aromatic rings. The van der Waals surface area contributed by atoms with Crippen molar-refractivity contribution in [1.82, 2.24) is 9.78 Å². The number of aryl methyl sites for hydroxylation is 1. The van der Waals surface area contributed by atoms with Gasteiger partial charge in [-0.3, -0.25) is 0 Å². The first kappa shape index (κ1) is 13.2. The molecule has 1 aliphatic rings. The molecular weight excluding hydrogens is 232 g/mol. The van der Waals surface area contributed by atoms with Gasteiger partial charge in [0.1, 0.15) is 0 Å². The van der Waals surface area contributed by atoms with Crippen LogP contribution in [0.25, 0.3) is 0 Å². The van der Waals surface area contributed by atoms with Crippen molar-refractivity contribution in [2.75, 3.05) is 36.9 Å². The number of hydrogen-bond acceptors (Lipinski definition) is 5. The van der Waals surface area contributed by atoms with Crippen molar-refractivity contribution in [3.8, 4) is 0 Å². The Kier molecular flexibility index (Phi) is 3.77. The summed E-state index contributed by atoms with van der Waals surface area (Å²) in [5.41, 5.74) is 7.71. The smallest absolute Gasteiger partial charge is 0.151 e. The highest BCUT2D eigenvalue weighted by molar-refractivity contribution is 5.66. The van der Waals surface area contributed by atoms with Crippen molar-refractivity contribution in [2.24, 2.45) is 0 Å². The summed E-state index contributed by atoms with van der Waals surface area (Å²) >= 11 is 0. The third-order valence-electron chi connectivity index (χ3n) is 3.24. The molecule has 1 unspecified atom stereocenters. The highest BCUT2D eigenvalue weighted by Crippen LogP contribution is 2.30. The van der Waals surface area contributed by atoms with Crippen molar-refractivity contribution >= 4 is 11.5 Å². The van der Waals surface area contributed by atoms with Gasteiger partial charge in [0.25, 0.3) is 0 Å². The van der Waals surface area contributed by atoms with Gasteiger partial charge in [0.05, 0.1) is 30.7 Å². The molecule has 1 aliphatic heterocycles. The van der Waals surface area contributed by atoms with Crippen molar-refractivity contribution in [1.29, 1.82) is 0 Å². The van der Waals surface area contributed by atoms with E-state index in [2.05, 4.69) is 23.8 Å². The standard InChI is InChI=1S/C12H22N4O2/c1-8(2)16-12(11(13)9(3)14-16)15-4-5-18-10(6-15)7-17/h8,10,17H,4-7,13H2,1-3H3. The normalized spacial score (nSPS) is 20.7. The second-order valence-corrected chi connectivity index (χ2v) is 4.98. The van der Waals surface area contributed by atoms with E-state index < -0.39 is 0 Å². The maximum atomic E-state index is 9.20. The molecule has 0 saturated carbocycles. The molecular formula is C12H22N4O2. The molecule has 6 heteroatoms. The predicted molar refractivity (Wildman–Crippen MR) is 70.8 cm³/mol. The molecule has 1 atom stereocenters. The molecule has 0 aromatic carbocycles. The zero-order valence-corrected chi connectivity index (χ0v) is 11.3. The van der Waals surface area contributed by atoms with E-state index in [4.69, 9.17) is 10.5 Å². The van der Waals surface area contributed by atoms with E-state index in [0.717, 1.165) is 23.7 Å². The van der Waals surface area contributed by atoms with Gasteiger partial charge in [-0.25, -0.2) is 4.68 Å². The van der Waals surface area contributed by atoms with Gasteiger partial charge >= 0.3 is 0 Å². The lowest BCUT2D eigenvalue weighted by molar-refractivity contribution is 0.00313. The second-order valence-electron chi connectivity index (χ2n) is 4.98. The number of nitrogens with zero attached hydrogens (tertiary/aromatic N) is 3. The van der Waals surface area contributed by atoms with Gasteiger partial charge in [0, 0.05) is 19.1 Å². The third-order valence-corrected chi connectivity index (χ3v) is 3.24. The Morgan fingerprint density at radius 2 is 2.28 bits per heavy atom. The van der Waals surface area contributed by atoms with Gasteiger partial charge in [0.15, 0.2) is 5.82 Å². The molecule has 0 aliphatic carbocycles. The number of aromatic nitrogens is 2. The van der Waals surface area contributed by atoms with Gasteiger partial charge in [-0.15, -0.1) is 0 Å². The molecule has 0 bridgehead atoms. The van der Waals surface area contributed by atoms with Crippen LogP contribution in [0, 0.1) is 6.92 Å². The summed E-state index contributed by atoms with van der Waals surface area (Å²) in [7, 11) is 0. The first-order valence-electron chi connectivity index (χ1n) is 6.36. The van der Waals surface area contributed by atoms with Crippen molar-refractivity contribution in [3.63, 3.8) is 0 Å². The SMILES string of the molecule is Cc1nn(C(C)C)c(N2CCOC(CO)C2)c1N. The molecule has 0 radical (unpaired) electrons. The van der Waals surface area contributed by atoms with E-state index >= 15 is 0 Å². The molecule has 3 N–H and O–H groups in total. The summed E-state index contributed by atoms with van der Waals surface area (Å²) in [6, 6.07) is 0.256. The zero-order valence-electron chi connectivity index (χ0n) is 11.3. The van der Waals surface area contributed by atoms with Crippen LogP contribution in [0.1, 0.15) is 25.6 Å². The molecule has 6 nitrogen and oxygen atoms in total. The maximum absolute atomic E-state index is 9.20. The van der Waals surface area contributed by atoms with E-state index in [0.29, 0.717) is 13.2 Å². The van der Waals surface area contributed by atoms with Gasteiger partial charge in [-0.1, -0.05) is 0 Å². The lowest BCUT2D eigenvalue weighted by atomic mass is 10.2. The fourth-order valence-corrected chi connectivity index (χ4v) is 2.25. The van der Waals surface area contributed by atoms with Crippen molar-refractivity contribution in [2.45, 2.75) is 32.9 Å². The quantitative estimate of drug-likeness (QED) is 0.824. The molecule has 0 amide bonds.